The van der Waals surface area contributed by atoms with Crippen LogP contribution in [0.3, 0.4) is 0 Å². The number of carboxylic acids is 1. The quantitative estimate of drug-likeness (QED) is 0.342. The summed E-state index contributed by atoms with van der Waals surface area (Å²) in [6.07, 6.45) is 1.08. The molecule has 0 heterocycles. The molecule has 1 unspecified atom stereocenters. The number of urea groups is 1. The molecular formula is C27H38N2O6. The molecule has 0 saturated heterocycles. The lowest BCUT2D eigenvalue weighted by molar-refractivity contribution is -0.149. The van der Waals surface area contributed by atoms with Crippen LogP contribution in [0.4, 0.5) is 4.79 Å². The SMILES string of the molecule is CCOC(Cc1ccc(OCCN(CCCCOc2ccccc2)C(=O)NC(C)C)cc1)C(=O)O. The number of unbranched alkanes of at least 4 members (excludes halogenated alkanes) is 1. The van der Waals surface area contributed by atoms with Gasteiger partial charge in [0.2, 0.25) is 0 Å². The van der Waals surface area contributed by atoms with Crippen LogP contribution in [0.25, 0.3) is 0 Å². The van der Waals surface area contributed by atoms with Gasteiger partial charge in [-0.1, -0.05) is 30.3 Å². The Balaban J connectivity index is 1.79. The minimum atomic E-state index is -0.974. The van der Waals surface area contributed by atoms with Gasteiger partial charge in [0.15, 0.2) is 6.10 Å². The minimum absolute atomic E-state index is 0.0474. The second kappa shape index (κ2) is 15.6. The molecule has 0 saturated carbocycles. The molecule has 35 heavy (non-hydrogen) atoms. The van der Waals surface area contributed by atoms with E-state index in [9.17, 15) is 14.7 Å². The highest BCUT2D eigenvalue weighted by Gasteiger charge is 2.18. The lowest BCUT2D eigenvalue weighted by Crippen LogP contribution is -2.45. The van der Waals surface area contributed by atoms with Gasteiger partial charge in [-0.25, -0.2) is 9.59 Å². The zero-order valence-corrected chi connectivity index (χ0v) is 20.9. The zero-order valence-electron chi connectivity index (χ0n) is 20.9. The van der Waals surface area contributed by atoms with E-state index in [-0.39, 0.29) is 12.1 Å². The van der Waals surface area contributed by atoms with Crippen LogP contribution in [0.2, 0.25) is 0 Å². The van der Waals surface area contributed by atoms with E-state index in [4.69, 9.17) is 14.2 Å². The van der Waals surface area contributed by atoms with Crippen molar-refractivity contribution in [3.63, 3.8) is 0 Å². The summed E-state index contributed by atoms with van der Waals surface area (Å²) in [6, 6.07) is 16.9. The van der Waals surface area contributed by atoms with Gasteiger partial charge in [0, 0.05) is 25.6 Å². The first-order chi connectivity index (χ1) is 16.9. The first-order valence-electron chi connectivity index (χ1n) is 12.2. The second-order valence-corrected chi connectivity index (χ2v) is 8.44. The van der Waals surface area contributed by atoms with Crippen LogP contribution in [0.15, 0.2) is 54.6 Å². The molecule has 2 aromatic carbocycles. The van der Waals surface area contributed by atoms with Crippen LogP contribution < -0.4 is 14.8 Å². The normalized spacial score (nSPS) is 11.7. The first-order valence-corrected chi connectivity index (χ1v) is 12.2. The number of para-hydroxylation sites is 1. The fourth-order valence-corrected chi connectivity index (χ4v) is 3.39. The monoisotopic (exact) mass is 486 g/mol. The standard InChI is InChI=1S/C27H38N2O6/c1-4-33-25(26(30)31)20-22-12-14-24(15-13-22)35-19-17-29(27(32)28-21(2)3)16-8-9-18-34-23-10-6-5-7-11-23/h5-7,10-15,21,25H,4,8-9,16-20H2,1-3H3,(H,28,32)(H,30,31). The number of ether oxygens (including phenoxy) is 3. The van der Waals surface area contributed by atoms with E-state index in [0.717, 1.165) is 24.2 Å². The fourth-order valence-electron chi connectivity index (χ4n) is 3.39. The lowest BCUT2D eigenvalue weighted by Gasteiger charge is -2.24. The van der Waals surface area contributed by atoms with E-state index in [2.05, 4.69) is 5.32 Å². The van der Waals surface area contributed by atoms with E-state index in [1.54, 1.807) is 24.0 Å². The van der Waals surface area contributed by atoms with E-state index in [1.807, 2.05) is 56.3 Å². The van der Waals surface area contributed by atoms with Gasteiger partial charge in [0.05, 0.1) is 13.2 Å². The number of nitrogens with one attached hydrogen (secondary N) is 1. The largest absolute Gasteiger partial charge is 0.494 e. The molecule has 1 atom stereocenters. The Morgan fingerprint density at radius 2 is 1.57 bits per heavy atom. The highest BCUT2D eigenvalue weighted by molar-refractivity contribution is 5.74. The predicted octanol–water partition coefficient (Wildman–Crippen LogP) is 4.38. The summed E-state index contributed by atoms with van der Waals surface area (Å²) >= 11 is 0. The molecule has 0 aromatic heterocycles. The fraction of sp³-hybridized carbons (Fsp3) is 0.481. The molecule has 2 aromatic rings. The Kier molecular flexibility index (Phi) is 12.5. The molecule has 0 aliphatic carbocycles. The van der Waals surface area contributed by atoms with Crippen molar-refractivity contribution in [1.29, 1.82) is 0 Å². The summed E-state index contributed by atoms with van der Waals surface area (Å²) in [5, 5.41) is 12.2. The van der Waals surface area contributed by atoms with Gasteiger partial charge in [0.25, 0.3) is 0 Å². The van der Waals surface area contributed by atoms with Crippen LogP contribution in [-0.2, 0) is 16.0 Å². The number of nitrogens with zero attached hydrogens (tertiary/aromatic N) is 1. The summed E-state index contributed by atoms with van der Waals surface area (Å²) in [5.41, 5.74) is 0.855. The number of amides is 2. The smallest absolute Gasteiger partial charge is 0.333 e. The summed E-state index contributed by atoms with van der Waals surface area (Å²) in [4.78, 5) is 25.6. The number of benzene rings is 2. The summed E-state index contributed by atoms with van der Waals surface area (Å²) in [5.74, 6) is 0.536. The number of carboxylic acid groups (broad SMARTS) is 1. The average molecular weight is 487 g/mol. The molecule has 0 aliphatic rings. The van der Waals surface area contributed by atoms with Gasteiger partial charge in [-0.3, -0.25) is 0 Å². The Labute approximate surface area is 208 Å². The molecule has 0 fully saturated rings. The van der Waals surface area contributed by atoms with Crippen LogP contribution in [0.5, 0.6) is 11.5 Å². The van der Waals surface area contributed by atoms with Gasteiger partial charge in [0.1, 0.15) is 18.1 Å². The predicted molar refractivity (Wildman–Crippen MR) is 135 cm³/mol. The molecule has 0 bridgehead atoms. The first kappa shape index (κ1) is 28.0. The second-order valence-electron chi connectivity index (χ2n) is 8.44. The maximum absolute atomic E-state index is 12.6. The van der Waals surface area contributed by atoms with E-state index >= 15 is 0 Å². The lowest BCUT2D eigenvalue weighted by atomic mass is 10.1. The van der Waals surface area contributed by atoms with Crippen molar-refractivity contribution in [2.75, 3.05) is 32.9 Å². The number of carbonyl (C=O) groups is 2. The molecule has 0 radical (unpaired) electrons. The van der Waals surface area contributed by atoms with Crippen LogP contribution in [-0.4, -0.2) is 67.1 Å². The Bertz CT molecular complexity index is 873. The number of hydrogen-bond acceptors (Lipinski definition) is 5. The highest BCUT2D eigenvalue weighted by Crippen LogP contribution is 2.15. The number of hydrogen-bond donors (Lipinski definition) is 2. The van der Waals surface area contributed by atoms with Gasteiger partial charge in [-0.2, -0.15) is 0 Å². The third kappa shape index (κ3) is 11.1. The van der Waals surface area contributed by atoms with Crippen molar-refractivity contribution >= 4 is 12.0 Å². The van der Waals surface area contributed by atoms with Gasteiger partial charge in [-0.15, -0.1) is 0 Å². The summed E-state index contributed by atoms with van der Waals surface area (Å²) in [6.45, 7) is 7.98. The van der Waals surface area contributed by atoms with Crippen molar-refractivity contribution in [3.8, 4) is 11.5 Å². The zero-order chi connectivity index (χ0) is 25.5. The third-order valence-electron chi connectivity index (χ3n) is 5.15. The topological polar surface area (TPSA) is 97.3 Å². The van der Waals surface area contributed by atoms with Crippen LogP contribution in [0.1, 0.15) is 39.2 Å². The molecular weight excluding hydrogens is 448 g/mol. The summed E-state index contributed by atoms with van der Waals surface area (Å²) in [7, 11) is 0. The maximum Gasteiger partial charge on any atom is 0.333 e. The van der Waals surface area contributed by atoms with Gasteiger partial charge < -0.3 is 29.5 Å². The van der Waals surface area contributed by atoms with Gasteiger partial charge in [-0.05, 0) is 63.4 Å². The Morgan fingerprint density at radius 1 is 0.914 bits per heavy atom. The molecule has 8 nitrogen and oxygen atoms in total. The number of aliphatic carboxylic acids is 1. The molecule has 0 aliphatic heterocycles. The molecule has 0 spiro atoms. The van der Waals surface area contributed by atoms with Crippen molar-refractivity contribution in [2.24, 2.45) is 0 Å². The van der Waals surface area contributed by atoms with Gasteiger partial charge >= 0.3 is 12.0 Å². The average Bonchev–Trinajstić information content (AvgIpc) is 2.83. The molecule has 2 amide bonds. The molecule has 192 valence electrons. The van der Waals surface area contributed by atoms with Crippen molar-refractivity contribution in [2.45, 2.75) is 52.2 Å². The number of carbonyl (C=O) groups excluding carboxylic acids is 1. The van der Waals surface area contributed by atoms with Crippen molar-refractivity contribution < 1.29 is 28.9 Å². The summed E-state index contributed by atoms with van der Waals surface area (Å²) < 4.78 is 16.8. The maximum atomic E-state index is 12.6. The molecule has 2 N–H and O–H groups in total. The van der Waals surface area contributed by atoms with Crippen molar-refractivity contribution in [3.05, 3.63) is 60.2 Å². The van der Waals surface area contributed by atoms with E-state index in [1.165, 1.54) is 0 Å². The highest BCUT2D eigenvalue weighted by atomic mass is 16.5. The van der Waals surface area contributed by atoms with Crippen LogP contribution >= 0.6 is 0 Å². The van der Waals surface area contributed by atoms with Crippen LogP contribution in [0, 0.1) is 0 Å². The molecule has 8 heteroatoms. The van der Waals surface area contributed by atoms with E-state index < -0.39 is 12.1 Å². The van der Waals surface area contributed by atoms with Crippen molar-refractivity contribution in [1.82, 2.24) is 10.2 Å². The van der Waals surface area contributed by atoms with E-state index in [0.29, 0.717) is 45.1 Å². The Hall–Kier alpha value is -3.26. The minimum Gasteiger partial charge on any atom is -0.494 e. The number of rotatable bonds is 16. The Morgan fingerprint density at radius 3 is 2.20 bits per heavy atom. The molecule has 2 rings (SSSR count). The third-order valence-corrected chi connectivity index (χ3v) is 5.15.